The first-order chi connectivity index (χ1) is 10.5. The third kappa shape index (κ3) is 3.29. The zero-order valence-corrected chi connectivity index (χ0v) is 12.3. The van der Waals surface area contributed by atoms with Crippen molar-refractivity contribution in [2.45, 2.75) is 0 Å². The number of rotatable bonds is 4. The number of benzene rings is 2. The van der Waals surface area contributed by atoms with E-state index in [0.29, 0.717) is 10.7 Å². The summed E-state index contributed by atoms with van der Waals surface area (Å²) in [5.41, 5.74) is 0.176. The van der Waals surface area contributed by atoms with Crippen molar-refractivity contribution in [1.82, 2.24) is 0 Å². The Bertz CT molecular complexity index is 759. The van der Waals surface area contributed by atoms with E-state index in [1.807, 2.05) is 0 Å². The van der Waals surface area contributed by atoms with E-state index < -0.39 is 10.9 Å². The number of aliphatic imine (C=N–C) groups is 1. The number of halogens is 1. The number of carbonyl (C=O) groups is 1. The lowest BCUT2D eigenvalue weighted by Gasteiger charge is -2.03. The number of carbonyl (C=O) groups excluding carboxylic acids is 1. The smallest absolute Gasteiger partial charge is 0.344 e. The second-order valence-corrected chi connectivity index (χ2v) is 4.61. The van der Waals surface area contributed by atoms with Gasteiger partial charge in [-0.25, -0.2) is 4.79 Å². The minimum Gasteiger partial charge on any atom is -0.465 e. The van der Waals surface area contributed by atoms with Crippen LogP contribution in [0.15, 0.2) is 47.5 Å². The summed E-state index contributed by atoms with van der Waals surface area (Å²) in [6.45, 7) is 0. The van der Waals surface area contributed by atoms with Gasteiger partial charge < -0.3 is 4.74 Å². The molecule has 0 radical (unpaired) electrons. The molecule has 0 amide bonds. The topological polar surface area (TPSA) is 81.8 Å². The molecule has 0 N–H and O–H groups in total. The van der Waals surface area contributed by atoms with Crippen LogP contribution in [0.4, 0.5) is 11.4 Å². The fourth-order valence-electron chi connectivity index (χ4n) is 1.84. The summed E-state index contributed by atoms with van der Waals surface area (Å²) in [6, 6.07) is 11.2. The molecule has 0 fully saturated rings. The van der Waals surface area contributed by atoms with E-state index in [1.165, 1.54) is 24.4 Å². The number of nitro benzene ring substituents is 1. The largest absolute Gasteiger partial charge is 0.465 e. The molecule has 7 heteroatoms. The van der Waals surface area contributed by atoms with Crippen molar-refractivity contribution in [2.75, 3.05) is 7.11 Å². The van der Waals surface area contributed by atoms with Crippen LogP contribution < -0.4 is 0 Å². The molecular formula is C15H11ClN2O4. The molecule has 112 valence electrons. The number of methoxy groups -OCH3 is 1. The lowest BCUT2D eigenvalue weighted by atomic mass is 10.1. The standard InChI is InChI=1S/C15H11ClN2O4/c1-22-15(19)11-6-4-5-10(14(11)18(20)21)9-17-13-8-3-2-7-12(13)16/h2-9H,1H3. The van der Waals surface area contributed by atoms with Crippen molar-refractivity contribution < 1.29 is 14.5 Å². The highest BCUT2D eigenvalue weighted by molar-refractivity contribution is 6.33. The quantitative estimate of drug-likeness (QED) is 0.372. The Hall–Kier alpha value is -2.73. The zero-order chi connectivity index (χ0) is 16.1. The van der Waals surface area contributed by atoms with E-state index in [1.54, 1.807) is 24.3 Å². The molecule has 22 heavy (non-hydrogen) atoms. The van der Waals surface area contributed by atoms with Crippen LogP contribution in [0.2, 0.25) is 5.02 Å². The summed E-state index contributed by atoms with van der Waals surface area (Å²) in [7, 11) is 1.16. The minimum absolute atomic E-state index is 0.129. The van der Waals surface area contributed by atoms with Gasteiger partial charge in [0.2, 0.25) is 0 Å². The van der Waals surface area contributed by atoms with Crippen LogP contribution in [0.1, 0.15) is 15.9 Å². The maximum atomic E-state index is 11.6. The van der Waals surface area contributed by atoms with Crippen molar-refractivity contribution in [3.8, 4) is 0 Å². The molecule has 6 nitrogen and oxygen atoms in total. The Labute approximate surface area is 131 Å². The van der Waals surface area contributed by atoms with Gasteiger partial charge in [-0.15, -0.1) is 0 Å². The van der Waals surface area contributed by atoms with Gasteiger partial charge >= 0.3 is 5.97 Å². The molecular weight excluding hydrogens is 308 g/mol. The van der Waals surface area contributed by atoms with Gasteiger partial charge in [-0.1, -0.05) is 29.8 Å². The van der Waals surface area contributed by atoms with E-state index >= 15 is 0 Å². The number of hydrogen-bond donors (Lipinski definition) is 0. The third-order valence-corrected chi connectivity index (χ3v) is 3.17. The molecule has 0 aliphatic heterocycles. The molecule has 2 aromatic carbocycles. The summed E-state index contributed by atoms with van der Waals surface area (Å²) >= 11 is 5.98. The Kier molecular flexibility index (Phi) is 4.85. The third-order valence-electron chi connectivity index (χ3n) is 2.85. The molecule has 0 atom stereocenters. The summed E-state index contributed by atoms with van der Waals surface area (Å²) in [4.78, 5) is 26.4. The molecule has 0 heterocycles. The van der Waals surface area contributed by atoms with E-state index in [-0.39, 0.29) is 16.8 Å². The van der Waals surface area contributed by atoms with E-state index in [9.17, 15) is 14.9 Å². The molecule has 0 saturated carbocycles. The average Bonchev–Trinajstić information content (AvgIpc) is 2.52. The molecule has 0 saturated heterocycles. The molecule has 0 aromatic heterocycles. The molecule has 0 spiro atoms. The molecule has 0 unspecified atom stereocenters. The van der Waals surface area contributed by atoms with Gasteiger partial charge in [0, 0.05) is 6.21 Å². The van der Waals surface area contributed by atoms with E-state index in [2.05, 4.69) is 9.73 Å². The number of nitrogens with zero attached hydrogens (tertiary/aromatic N) is 2. The van der Waals surface area contributed by atoms with Crippen LogP contribution in [0.3, 0.4) is 0 Å². The highest BCUT2D eigenvalue weighted by atomic mass is 35.5. The first kappa shape index (κ1) is 15.7. The SMILES string of the molecule is COC(=O)c1cccc(C=Nc2ccccc2Cl)c1[N+](=O)[O-]. The normalized spacial score (nSPS) is 10.6. The van der Waals surface area contributed by atoms with Crippen LogP contribution in [-0.2, 0) is 4.74 Å². The van der Waals surface area contributed by atoms with Crippen LogP contribution in [0.5, 0.6) is 0 Å². The lowest BCUT2D eigenvalue weighted by molar-refractivity contribution is -0.385. The average molecular weight is 319 g/mol. The molecule has 2 aromatic rings. The number of hydrogen-bond acceptors (Lipinski definition) is 5. The zero-order valence-electron chi connectivity index (χ0n) is 11.5. The summed E-state index contributed by atoms with van der Waals surface area (Å²) in [5.74, 6) is -0.778. The van der Waals surface area contributed by atoms with Crippen LogP contribution in [0, 0.1) is 10.1 Å². The monoisotopic (exact) mass is 318 g/mol. The fraction of sp³-hybridized carbons (Fsp3) is 0.0667. The van der Waals surface area contributed by atoms with Crippen molar-refractivity contribution in [3.63, 3.8) is 0 Å². The maximum absolute atomic E-state index is 11.6. The minimum atomic E-state index is -0.778. The molecule has 2 rings (SSSR count). The molecule has 0 aliphatic carbocycles. The summed E-state index contributed by atoms with van der Waals surface area (Å²) < 4.78 is 4.55. The number of para-hydroxylation sites is 2. The number of ether oxygens (including phenoxy) is 1. The number of nitro groups is 1. The van der Waals surface area contributed by atoms with Crippen LogP contribution in [-0.4, -0.2) is 24.2 Å². The van der Waals surface area contributed by atoms with Crippen LogP contribution >= 0.6 is 11.6 Å². The first-order valence-electron chi connectivity index (χ1n) is 6.19. The van der Waals surface area contributed by atoms with Gasteiger partial charge in [-0.3, -0.25) is 15.1 Å². The van der Waals surface area contributed by atoms with E-state index in [4.69, 9.17) is 11.6 Å². The van der Waals surface area contributed by atoms with Gasteiger partial charge in [0.1, 0.15) is 5.56 Å². The van der Waals surface area contributed by atoms with Gasteiger partial charge in [-0.2, -0.15) is 0 Å². The van der Waals surface area contributed by atoms with Crippen molar-refractivity contribution in [2.24, 2.45) is 4.99 Å². The fourth-order valence-corrected chi connectivity index (χ4v) is 2.02. The molecule has 0 bridgehead atoms. The lowest BCUT2D eigenvalue weighted by Crippen LogP contribution is -2.07. The Morgan fingerprint density at radius 3 is 2.64 bits per heavy atom. The number of esters is 1. The van der Waals surface area contributed by atoms with Gasteiger partial charge in [0.25, 0.3) is 5.69 Å². The Morgan fingerprint density at radius 1 is 1.27 bits per heavy atom. The van der Waals surface area contributed by atoms with Crippen LogP contribution in [0.25, 0.3) is 0 Å². The van der Waals surface area contributed by atoms with Gasteiger partial charge in [0.05, 0.1) is 28.3 Å². The van der Waals surface area contributed by atoms with E-state index in [0.717, 1.165) is 7.11 Å². The Balaban J connectivity index is 2.50. The first-order valence-corrected chi connectivity index (χ1v) is 6.56. The summed E-state index contributed by atoms with van der Waals surface area (Å²) in [6.07, 6.45) is 1.30. The second-order valence-electron chi connectivity index (χ2n) is 4.20. The molecule has 0 aliphatic rings. The highest BCUT2D eigenvalue weighted by Crippen LogP contribution is 2.26. The van der Waals surface area contributed by atoms with Crippen molar-refractivity contribution >= 4 is 35.2 Å². The maximum Gasteiger partial charge on any atom is 0.344 e. The van der Waals surface area contributed by atoms with Gasteiger partial charge in [-0.05, 0) is 24.3 Å². The van der Waals surface area contributed by atoms with Gasteiger partial charge in [0.15, 0.2) is 0 Å². The second kappa shape index (κ2) is 6.82. The van der Waals surface area contributed by atoms with Crippen molar-refractivity contribution in [1.29, 1.82) is 0 Å². The summed E-state index contributed by atoms with van der Waals surface area (Å²) in [5, 5.41) is 11.7. The predicted molar refractivity (Wildman–Crippen MR) is 83.1 cm³/mol. The predicted octanol–water partition coefficient (Wildman–Crippen LogP) is 3.79. The Morgan fingerprint density at radius 2 is 2.00 bits per heavy atom. The van der Waals surface area contributed by atoms with Crippen molar-refractivity contribution in [3.05, 3.63) is 68.7 Å². The highest BCUT2D eigenvalue weighted by Gasteiger charge is 2.24.